The van der Waals surface area contributed by atoms with Crippen molar-refractivity contribution in [3.63, 3.8) is 0 Å². The summed E-state index contributed by atoms with van der Waals surface area (Å²) < 4.78 is 20.0. The van der Waals surface area contributed by atoms with E-state index in [1.807, 2.05) is 0 Å². The van der Waals surface area contributed by atoms with E-state index >= 15 is 0 Å². The number of hydrogen-bond acceptors (Lipinski definition) is 3. The number of benzene rings is 1. The minimum atomic E-state index is -2.51. The normalized spacial score (nSPS) is 24.3. The largest absolute Gasteiger partial charge is 0.497 e. The van der Waals surface area contributed by atoms with Crippen molar-refractivity contribution in [3.8, 4) is 5.75 Å². The Hall–Kier alpha value is -2.63. The number of hydrogen-bond donors (Lipinski definition) is 2. The van der Waals surface area contributed by atoms with Crippen molar-refractivity contribution in [2.24, 2.45) is 11.5 Å². The first-order valence-electron chi connectivity index (χ1n) is 6.22. The van der Waals surface area contributed by atoms with Gasteiger partial charge in [0.15, 0.2) is 0 Å². The van der Waals surface area contributed by atoms with Crippen LogP contribution in [0.4, 0.5) is 4.39 Å². The number of carbonyl (C=O) groups is 2. The molecular weight excluding hydrogens is 275 g/mol. The van der Waals surface area contributed by atoms with Crippen LogP contribution >= 0.6 is 0 Å². The van der Waals surface area contributed by atoms with Gasteiger partial charge in [0.1, 0.15) is 5.75 Å². The number of methoxy groups -OCH3 is 1. The SMILES string of the molecule is COc1ccc(C2C(C(N)=O)=CC=CC2(F)C(N)=O)cc1. The number of nitrogens with two attached hydrogens (primary N) is 2. The molecule has 2 atom stereocenters. The summed E-state index contributed by atoms with van der Waals surface area (Å²) in [4.78, 5) is 23.1. The van der Waals surface area contributed by atoms with Gasteiger partial charge in [-0.15, -0.1) is 0 Å². The molecule has 1 aromatic carbocycles. The number of primary amides is 2. The van der Waals surface area contributed by atoms with Crippen LogP contribution in [0.3, 0.4) is 0 Å². The number of alkyl halides is 1. The van der Waals surface area contributed by atoms with E-state index in [0.717, 1.165) is 6.08 Å². The number of carbonyl (C=O) groups excluding carboxylic acids is 2. The molecular formula is C15H15FN2O3. The zero-order chi connectivity index (χ0) is 15.6. The Bertz CT molecular complexity index is 637. The topological polar surface area (TPSA) is 95.4 Å². The number of allylic oxidation sites excluding steroid dienone is 2. The molecule has 0 saturated carbocycles. The second kappa shape index (κ2) is 5.40. The standard InChI is InChI=1S/C15H15FN2O3/c1-21-10-6-4-9(5-7-10)12-11(13(17)19)3-2-8-15(12,16)14(18)20/h2-8,12H,1H3,(H2,17,19)(H2,18,20). The maximum Gasteiger partial charge on any atom is 0.260 e. The molecule has 1 aromatic rings. The van der Waals surface area contributed by atoms with Crippen molar-refractivity contribution < 1.29 is 18.7 Å². The molecule has 0 aromatic heterocycles. The molecule has 0 radical (unpaired) electrons. The summed E-state index contributed by atoms with van der Waals surface area (Å²) in [5, 5.41) is 0. The van der Waals surface area contributed by atoms with Gasteiger partial charge < -0.3 is 16.2 Å². The first-order valence-corrected chi connectivity index (χ1v) is 6.22. The van der Waals surface area contributed by atoms with Crippen molar-refractivity contribution in [2.45, 2.75) is 11.6 Å². The number of rotatable bonds is 4. The first kappa shape index (κ1) is 14.8. The zero-order valence-electron chi connectivity index (χ0n) is 11.4. The molecule has 1 aliphatic carbocycles. The number of amides is 2. The van der Waals surface area contributed by atoms with Gasteiger partial charge in [0.25, 0.3) is 5.91 Å². The lowest BCUT2D eigenvalue weighted by molar-refractivity contribution is -0.127. The van der Waals surface area contributed by atoms with E-state index < -0.39 is 23.4 Å². The summed E-state index contributed by atoms with van der Waals surface area (Å²) in [5.41, 5.74) is 8.36. The van der Waals surface area contributed by atoms with Crippen LogP contribution in [0.5, 0.6) is 5.75 Å². The van der Waals surface area contributed by atoms with Crippen LogP contribution in [-0.4, -0.2) is 24.6 Å². The molecule has 4 N–H and O–H groups in total. The Balaban J connectivity index is 2.56. The summed E-state index contributed by atoms with van der Waals surface area (Å²) >= 11 is 0. The van der Waals surface area contributed by atoms with E-state index in [4.69, 9.17) is 16.2 Å². The Morgan fingerprint density at radius 2 is 1.86 bits per heavy atom. The molecule has 5 nitrogen and oxygen atoms in total. The molecule has 6 heteroatoms. The smallest absolute Gasteiger partial charge is 0.260 e. The molecule has 0 aliphatic heterocycles. The van der Waals surface area contributed by atoms with E-state index in [9.17, 15) is 14.0 Å². The van der Waals surface area contributed by atoms with Gasteiger partial charge in [-0.2, -0.15) is 0 Å². The molecule has 0 saturated heterocycles. The average Bonchev–Trinajstić information content (AvgIpc) is 2.47. The van der Waals surface area contributed by atoms with Crippen LogP contribution in [0.25, 0.3) is 0 Å². The lowest BCUT2D eigenvalue weighted by atomic mass is 9.74. The van der Waals surface area contributed by atoms with E-state index in [0.29, 0.717) is 11.3 Å². The highest BCUT2D eigenvalue weighted by molar-refractivity contribution is 5.98. The summed E-state index contributed by atoms with van der Waals surface area (Å²) in [7, 11) is 1.50. The van der Waals surface area contributed by atoms with Crippen LogP contribution in [0.2, 0.25) is 0 Å². The van der Waals surface area contributed by atoms with E-state index in [1.165, 1.54) is 19.3 Å². The minimum absolute atomic E-state index is 0.0102. The van der Waals surface area contributed by atoms with Gasteiger partial charge in [-0.3, -0.25) is 9.59 Å². The van der Waals surface area contributed by atoms with Gasteiger partial charge in [-0.1, -0.05) is 24.3 Å². The molecule has 2 unspecified atom stereocenters. The minimum Gasteiger partial charge on any atom is -0.497 e. The fraction of sp³-hybridized carbons (Fsp3) is 0.200. The Morgan fingerprint density at radius 3 is 2.33 bits per heavy atom. The highest BCUT2D eigenvalue weighted by Crippen LogP contribution is 2.41. The maximum atomic E-state index is 15.0. The molecule has 0 fully saturated rings. The van der Waals surface area contributed by atoms with Gasteiger partial charge in [-0.25, -0.2) is 4.39 Å². The van der Waals surface area contributed by atoms with Crippen LogP contribution in [0.1, 0.15) is 11.5 Å². The monoisotopic (exact) mass is 290 g/mol. The van der Waals surface area contributed by atoms with Crippen molar-refractivity contribution >= 4 is 11.8 Å². The third kappa shape index (κ3) is 2.52. The molecule has 21 heavy (non-hydrogen) atoms. The highest BCUT2D eigenvalue weighted by atomic mass is 19.1. The molecule has 2 rings (SSSR count). The van der Waals surface area contributed by atoms with Crippen LogP contribution < -0.4 is 16.2 Å². The van der Waals surface area contributed by atoms with Gasteiger partial charge in [0, 0.05) is 5.57 Å². The van der Waals surface area contributed by atoms with Gasteiger partial charge >= 0.3 is 0 Å². The van der Waals surface area contributed by atoms with Crippen molar-refractivity contribution in [1.82, 2.24) is 0 Å². The van der Waals surface area contributed by atoms with E-state index in [2.05, 4.69) is 0 Å². The second-order valence-corrected chi connectivity index (χ2v) is 4.68. The Morgan fingerprint density at radius 1 is 1.24 bits per heavy atom. The van der Waals surface area contributed by atoms with E-state index in [-0.39, 0.29) is 5.57 Å². The number of ether oxygens (including phenoxy) is 1. The van der Waals surface area contributed by atoms with Crippen molar-refractivity contribution in [1.29, 1.82) is 0 Å². The van der Waals surface area contributed by atoms with Crippen molar-refractivity contribution in [2.75, 3.05) is 7.11 Å². The predicted octanol–water partition coefficient (Wildman–Crippen LogP) is 0.954. The molecule has 0 spiro atoms. The van der Waals surface area contributed by atoms with Crippen molar-refractivity contribution in [3.05, 3.63) is 53.6 Å². The Labute approximate surface area is 121 Å². The third-order valence-electron chi connectivity index (χ3n) is 3.46. The molecule has 2 amide bonds. The second-order valence-electron chi connectivity index (χ2n) is 4.68. The average molecular weight is 290 g/mol. The lowest BCUT2D eigenvalue weighted by Crippen LogP contribution is -2.46. The first-order chi connectivity index (χ1) is 9.90. The fourth-order valence-corrected chi connectivity index (χ4v) is 2.38. The molecule has 110 valence electrons. The third-order valence-corrected chi connectivity index (χ3v) is 3.46. The summed E-state index contributed by atoms with van der Waals surface area (Å²) in [6.45, 7) is 0. The van der Waals surface area contributed by atoms with Crippen LogP contribution in [0.15, 0.2) is 48.1 Å². The summed E-state index contributed by atoms with van der Waals surface area (Å²) in [6, 6.07) is 6.34. The molecule has 0 heterocycles. The van der Waals surface area contributed by atoms with Gasteiger partial charge in [0.2, 0.25) is 11.6 Å². The number of halogens is 1. The van der Waals surface area contributed by atoms with E-state index in [1.54, 1.807) is 24.3 Å². The fourth-order valence-electron chi connectivity index (χ4n) is 2.38. The highest BCUT2D eigenvalue weighted by Gasteiger charge is 2.48. The summed E-state index contributed by atoms with van der Waals surface area (Å²) in [5.74, 6) is -2.59. The lowest BCUT2D eigenvalue weighted by Gasteiger charge is -2.32. The quantitative estimate of drug-likeness (QED) is 0.864. The van der Waals surface area contributed by atoms with Crippen LogP contribution in [0, 0.1) is 0 Å². The molecule has 1 aliphatic rings. The van der Waals surface area contributed by atoms with Gasteiger partial charge in [0.05, 0.1) is 13.0 Å². The summed E-state index contributed by atoms with van der Waals surface area (Å²) in [6.07, 6.45) is 3.69. The van der Waals surface area contributed by atoms with Gasteiger partial charge in [-0.05, 0) is 23.8 Å². The molecule has 0 bridgehead atoms. The predicted molar refractivity (Wildman–Crippen MR) is 75.2 cm³/mol. The van der Waals surface area contributed by atoms with Crippen LogP contribution in [-0.2, 0) is 9.59 Å². The zero-order valence-corrected chi connectivity index (χ0v) is 11.4. The Kier molecular flexibility index (Phi) is 3.80. The maximum absolute atomic E-state index is 15.0.